The van der Waals surface area contributed by atoms with Gasteiger partial charge in [-0.3, -0.25) is 9.59 Å². The van der Waals surface area contributed by atoms with Gasteiger partial charge in [0.25, 0.3) is 0 Å². The van der Waals surface area contributed by atoms with E-state index >= 15 is 0 Å². The van der Waals surface area contributed by atoms with Gasteiger partial charge in [0.1, 0.15) is 18.2 Å². The number of amides is 4. The van der Waals surface area contributed by atoms with Gasteiger partial charge in [0.2, 0.25) is 11.8 Å². The lowest BCUT2D eigenvalue weighted by Crippen LogP contribution is -2.50. The molecule has 1 saturated carbocycles. The molecule has 0 unspecified atom stereocenters. The lowest BCUT2D eigenvalue weighted by molar-refractivity contribution is -0.136. The van der Waals surface area contributed by atoms with Crippen molar-refractivity contribution in [3.05, 3.63) is 90.0 Å². The van der Waals surface area contributed by atoms with Gasteiger partial charge in [0.15, 0.2) is 0 Å². The molecule has 3 aromatic carbocycles. The Labute approximate surface area is 231 Å². The zero-order valence-corrected chi connectivity index (χ0v) is 22.0. The number of urea groups is 1. The van der Waals surface area contributed by atoms with Crippen molar-refractivity contribution in [1.29, 1.82) is 0 Å². The smallest absolute Gasteiger partial charge is 0.322 e. The molecule has 0 atom stereocenters. The van der Waals surface area contributed by atoms with Crippen molar-refractivity contribution in [2.75, 3.05) is 48.3 Å². The maximum atomic E-state index is 13.8. The van der Waals surface area contributed by atoms with Crippen molar-refractivity contribution in [3.63, 3.8) is 0 Å². The number of carbonyl (C=O) groups is 3. The van der Waals surface area contributed by atoms with E-state index in [1.165, 1.54) is 29.2 Å². The summed E-state index contributed by atoms with van der Waals surface area (Å²) in [4.78, 5) is 43.4. The number of rotatable bonds is 8. The molecule has 2 fully saturated rings. The molecule has 0 spiro atoms. The van der Waals surface area contributed by atoms with E-state index in [1.54, 1.807) is 41.3 Å². The number of nitrogens with zero attached hydrogens (tertiary/aromatic N) is 3. The molecule has 8 nitrogen and oxygen atoms in total. The third-order valence-electron chi connectivity index (χ3n) is 7.06. The predicted molar refractivity (Wildman–Crippen MR) is 149 cm³/mol. The second kappa shape index (κ2) is 12.1. The van der Waals surface area contributed by atoms with Crippen LogP contribution in [0.15, 0.2) is 72.8 Å². The van der Waals surface area contributed by atoms with Crippen LogP contribution in [-0.4, -0.2) is 60.4 Å². The topological polar surface area (TPSA) is 85.0 Å². The minimum Gasteiger partial charge on any atom is -0.368 e. The summed E-state index contributed by atoms with van der Waals surface area (Å²) in [7, 11) is 0. The van der Waals surface area contributed by atoms with E-state index in [2.05, 4.69) is 15.5 Å². The van der Waals surface area contributed by atoms with E-state index in [9.17, 15) is 23.2 Å². The highest BCUT2D eigenvalue weighted by atomic mass is 19.1. The average molecular weight is 548 g/mol. The fourth-order valence-corrected chi connectivity index (χ4v) is 4.66. The quantitative estimate of drug-likeness (QED) is 0.428. The lowest BCUT2D eigenvalue weighted by Gasteiger charge is -2.36. The van der Waals surface area contributed by atoms with Crippen molar-refractivity contribution in [1.82, 2.24) is 9.80 Å². The molecular weight excluding hydrogens is 516 g/mol. The minimum absolute atomic E-state index is 0.0430. The fraction of sp³-hybridized carbons (Fsp3) is 0.300. The molecule has 2 aliphatic rings. The molecule has 10 heteroatoms. The first-order valence-corrected chi connectivity index (χ1v) is 13.3. The molecule has 0 bridgehead atoms. The number of halogens is 2. The average Bonchev–Trinajstić information content (AvgIpc) is 3.81. The molecule has 0 aromatic heterocycles. The largest absolute Gasteiger partial charge is 0.368 e. The summed E-state index contributed by atoms with van der Waals surface area (Å²) >= 11 is 0. The van der Waals surface area contributed by atoms with Gasteiger partial charge in [-0.25, -0.2) is 13.6 Å². The van der Waals surface area contributed by atoms with Gasteiger partial charge in [0, 0.05) is 50.0 Å². The second-order valence-electron chi connectivity index (χ2n) is 10.1. The number of nitrogens with one attached hydrogen (secondary N) is 2. The van der Waals surface area contributed by atoms with Crippen LogP contribution in [0, 0.1) is 17.6 Å². The summed E-state index contributed by atoms with van der Waals surface area (Å²) in [5.41, 5.74) is 2.48. The zero-order valence-electron chi connectivity index (χ0n) is 22.0. The van der Waals surface area contributed by atoms with E-state index in [1.807, 2.05) is 12.1 Å². The summed E-state index contributed by atoms with van der Waals surface area (Å²) in [6, 6.07) is 19.1. The van der Waals surface area contributed by atoms with Crippen molar-refractivity contribution in [2.45, 2.75) is 19.4 Å². The van der Waals surface area contributed by atoms with E-state index < -0.39 is 5.82 Å². The molecule has 3 aromatic rings. The van der Waals surface area contributed by atoms with Crippen LogP contribution in [0.5, 0.6) is 0 Å². The Morgan fingerprint density at radius 3 is 2.15 bits per heavy atom. The van der Waals surface area contributed by atoms with Crippen LogP contribution >= 0.6 is 0 Å². The van der Waals surface area contributed by atoms with Crippen molar-refractivity contribution >= 4 is 34.9 Å². The summed E-state index contributed by atoms with van der Waals surface area (Å²) in [6.45, 7) is 2.34. The molecule has 1 heterocycles. The van der Waals surface area contributed by atoms with Gasteiger partial charge >= 0.3 is 6.03 Å². The van der Waals surface area contributed by atoms with Crippen LogP contribution in [0.25, 0.3) is 0 Å². The SMILES string of the molecule is O=C(CN(Cc1ccc(F)cc1)C(=O)C1CC1)Nc1ccc(N2CCN(C(=O)Nc3ccccc3F)CC2)cc1. The minimum atomic E-state index is -0.475. The van der Waals surface area contributed by atoms with E-state index in [0.717, 1.165) is 24.1 Å². The Hall–Kier alpha value is -4.47. The summed E-state index contributed by atoms with van der Waals surface area (Å²) in [5.74, 6) is -1.23. The third kappa shape index (κ3) is 6.93. The lowest BCUT2D eigenvalue weighted by atomic mass is 10.2. The highest BCUT2D eigenvalue weighted by molar-refractivity contribution is 5.95. The van der Waals surface area contributed by atoms with Crippen LogP contribution in [0.1, 0.15) is 18.4 Å². The third-order valence-corrected chi connectivity index (χ3v) is 7.06. The number of piperazine rings is 1. The van der Waals surface area contributed by atoms with E-state index in [0.29, 0.717) is 31.9 Å². The molecule has 1 aliphatic carbocycles. The van der Waals surface area contributed by atoms with Gasteiger partial charge < -0.3 is 25.3 Å². The van der Waals surface area contributed by atoms with Gasteiger partial charge in [0.05, 0.1) is 5.69 Å². The standard InChI is InChI=1S/C30H31F2N5O3/c31-23-9-5-21(6-10-23)19-37(29(39)22-7-8-22)20-28(38)33-24-11-13-25(14-12-24)35-15-17-36(18-16-35)30(40)34-27-4-2-1-3-26(27)32/h1-6,9-14,22H,7-8,15-20H2,(H,33,38)(H,34,40). The van der Waals surface area contributed by atoms with Crippen LogP contribution < -0.4 is 15.5 Å². The van der Waals surface area contributed by atoms with E-state index in [-0.39, 0.29) is 48.4 Å². The fourth-order valence-electron chi connectivity index (χ4n) is 4.66. The molecule has 1 saturated heterocycles. The van der Waals surface area contributed by atoms with Crippen LogP contribution in [0.2, 0.25) is 0 Å². The van der Waals surface area contributed by atoms with Crippen molar-refractivity contribution in [3.8, 4) is 0 Å². The second-order valence-corrected chi connectivity index (χ2v) is 10.1. The first-order valence-electron chi connectivity index (χ1n) is 13.3. The van der Waals surface area contributed by atoms with Gasteiger partial charge in [-0.05, 0) is 66.9 Å². The molecule has 208 valence electrons. The van der Waals surface area contributed by atoms with Crippen molar-refractivity contribution in [2.24, 2.45) is 5.92 Å². The molecule has 0 radical (unpaired) electrons. The summed E-state index contributed by atoms with van der Waals surface area (Å²) in [6.07, 6.45) is 1.65. The normalized spacial score (nSPS) is 14.9. The number of hydrogen-bond acceptors (Lipinski definition) is 4. The predicted octanol–water partition coefficient (Wildman–Crippen LogP) is 4.70. The molecule has 40 heavy (non-hydrogen) atoms. The first kappa shape index (κ1) is 27.1. The number of para-hydroxylation sites is 1. The molecule has 5 rings (SSSR count). The monoisotopic (exact) mass is 547 g/mol. The van der Waals surface area contributed by atoms with Crippen LogP contribution in [0.4, 0.5) is 30.6 Å². The molecule has 2 N–H and O–H groups in total. The van der Waals surface area contributed by atoms with Gasteiger partial charge in [-0.2, -0.15) is 0 Å². The first-order chi connectivity index (χ1) is 19.4. The number of hydrogen-bond donors (Lipinski definition) is 2. The molecule has 1 aliphatic heterocycles. The molecule has 4 amide bonds. The number of carbonyl (C=O) groups excluding carboxylic acids is 3. The Kier molecular flexibility index (Phi) is 8.23. The Balaban J connectivity index is 1.12. The van der Waals surface area contributed by atoms with Crippen LogP contribution in [0.3, 0.4) is 0 Å². The Morgan fingerprint density at radius 2 is 1.50 bits per heavy atom. The number of benzene rings is 3. The zero-order chi connectivity index (χ0) is 28.1. The van der Waals surface area contributed by atoms with Gasteiger partial charge in [-0.15, -0.1) is 0 Å². The van der Waals surface area contributed by atoms with E-state index in [4.69, 9.17) is 0 Å². The Bertz CT molecular complexity index is 1350. The maximum Gasteiger partial charge on any atom is 0.322 e. The Morgan fingerprint density at radius 1 is 0.825 bits per heavy atom. The van der Waals surface area contributed by atoms with Gasteiger partial charge in [-0.1, -0.05) is 24.3 Å². The summed E-state index contributed by atoms with van der Waals surface area (Å²) in [5, 5.41) is 5.48. The van der Waals surface area contributed by atoms with Crippen molar-refractivity contribution < 1.29 is 23.2 Å². The highest BCUT2D eigenvalue weighted by Crippen LogP contribution is 2.31. The number of anilines is 3. The summed E-state index contributed by atoms with van der Waals surface area (Å²) < 4.78 is 27.1. The maximum absolute atomic E-state index is 13.8. The van der Waals surface area contributed by atoms with Crippen LogP contribution in [-0.2, 0) is 16.1 Å². The molecular formula is C30H31F2N5O3. The highest BCUT2D eigenvalue weighted by Gasteiger charge is 2.34.